The second-order valence-electron chi connectivity index (χ2n) is 5.39. The van der Waals surface area contributed by atoms with Crippen LogP contribution < -0.4 is 5.73 Å². The molecule has 1 aliphatic rings. The quantitative estimate of drug-likeness (QED) is 0.848. The summed E-state index contributed by atoms with van der Waals surface area (Å²) in [6.45, 7) is 3.46. The summed E-state index contributed by atoms with van der Waals surface area (Å²) in [4.78, 5) is 11.8. The van der Waals surface area contributed by atoms with E-state index >= 15 is 0 Å². The highest BCUT2D eigenvalue weighted by atomic mass is 16.5. The number of aryl methyl sites for hydroxylation is 1. The Morgan fingerprint density at radius 1 is 1.47 bits per heavy atom. The lowest BCUT2D eigenvalue weighted by Crippen LogP contribution is -2.44. The van der Waals surface area contributed by atoms with E-state index in [0.29, 0.717) is 13.0 Å². The van der Waals surface area contributed by atoms with Crippen LogP contribution in [0.5, 0.6) is 0 Å². The smallest absolute Gasteiger partial charge is 0.315 e. The molecule has 2 rings (SSSR count). The van der Waals surface area contributed by atoms with Gasteiger partial charge in [-0.2, -0.15) is 0 Å². The molecule has 4 heteroatoms. The fourth-order valence-electron chi connectivity index (χ4n) is 2.73. The number of carbonyl (C=O) groups is 1. The molecule has 2 unspecified atom stereocenters. The van der Waals surface area contributed by atoms with E-state index in [0.717, 1.165) is 24.2 Å². The molecule has 0 radical (unpaired) electrons. The Morgan fingerprint density at radius 3 is 2.63 bits per heavy atom. The van der Waals surface area contributed by atoms with Crippen LogP contribution in [0.25, 0.3) is 0 Å². The van der Waals surface area contributed by atoms with E-state index in [2.05, 4.69) is 0 Å². The largest absolute Gasteiger partial charge is 0.481 e. The van der Waals surface area contributed by atoms with Crippen LogP contribution in [0.2, 0.25) is 0 Å². The molecule has 0 spiro atoms. The number of ether oxygens (including phenoxy) is 1. The van der Waals surface area contributed by atoms with E-state index < -0.39 is 11.4 Å². The van der Waals surface area contributed by atoms with Gasteiger partial charge in [0.2, 0.25) is 0 Å². The topological polar surface area (TPSA) is 72.5 Å². The van der Waals surface area contributed by atoms with Gasteiger partial charge in [0.25, 0.3) is 0 Å². The van der Waals surface area contributed by atoms with Crippen LogP contribution in [0.15, 0.2) is 24.3 Å². The van der Waals surface area contributed by atoms with Gasteiger partial charge in [-0.05, 0) is 31.2 Å². The maximum Gasteiger partial charge on any atom is 0.315 e. The molecular formula is C15H21NO3. The van der Waals surface area contributed by atoms with Crippen LogP contribution in [-0.4, -0.2) is 30.8 Å². The molecule has 0 aromatic heterocycles. The summed E-state index contributed by atoms with van der Waals surface area (Å²) in [6.07, 6.45) is 1.46. The fraction of sp³-hybridized carbons (Fsp3) is 0.533. The Labute approximate surface area is 113 Å². The molecule has 1 heterocycles. The minimum atomic E-state index is -0.994. The molecule has 1 aromatic rings. The Kier molecular flexibility index (Phi) is 4.22. The minimum Gasteiger partial charge on any atom is -0.481 e. The van der Waals surface area contributed by atoms with Gasteiger partial charge in [0, 0.05) is 19.8 Å². The maximum atomic E-state index is 11.8. The van der Waals surface area contributed by atoms with E-state index in [1.165, 1.54) is 0 Å². The molecular weight excluding hydrogens is 242 g/mol. The molecule has 2 atom stereocenters. The first kappa shape index (κ1) is 14.0. The van der Waals surface area contributed by atoms with Crippen LogP contribution in [-0.2, 0) is 14.9 Å². The molecule has 3 N–H and O–H groups in total. The van der Waals surface area contributed by atoms with E-state index in [1.54, 1.807) is 0 Å². The predicted octanol–water partition coefficient (Wildman–Crippen LogP) is 1.70. The SMILES string of the molecule is Cc1ccc(C(CN)(CC2CCOC2)C(=O)O)cc1. The summed E-state index contributed by atoms with van der Waals surface area (Å²) >= 11 is 0. The number of carboxylic acid groups (broad SMARTS) is 1. The van der Waals surface area contributed by atoms with Gasteiger partial charge >= 0.3 is 5.97 Å². The molecule has 1 aromatic carbocycles. The molecule has 104 valence electrons. The molecule has 1 fully saturated rings. The number of hydrogen-bond donors (Lipinski definition) is 2. The van der Waals surface area contributed by atoms with Gasteiger partial charge in [-0.25, -0.2) is 0 Å². The number of rotatable bonds is 5. The van der Waals surface area contributed by atoms with Crippen molar-refractivity contribution in [1.29, 1.82) is 0 Å². The Balaban J connectivity index is 2.32. The zero-order valence-electron chi connectivity index (χ0n) is 11.3. The summed E-state index contributed by atoms with van der Waals surface area (Å²) in [6, 6.07) is 7.64. The first-order chi connectivity index (χ1) is 9.08. The van der Waals surface area contributed by atoms with Gasteiger partial charge in [0.05, 0.1) is 0 Å². The van der Waals surface area contributed by atoms with Crippen molar-refractivity contribution in [2.24, 2.45) is 11.7 Å². The van der Waals surface area contributed by atoms with Gasteiger partial charge in [0.1, 0.15) is 5.41 Å². The molecule has 0 saturated carbocycles. The Bertz CT molecular complexity index is 437. The zero-order valence-corrected chi connectivity index (χ0v) is 11.3. The first-order valence-corrected chi connectivity index (χ1v) is 6.67. The minimum absolute atomic E-state index is 0.113. The third-order valence-electron chi connectivity index (χ3n) is 4.02. The van der Waals surface area contributed by atoms with Crippen molar-refractivity contribution < 1.29 is 14.6 Å². The summed E-state index contributed by atoms with van der Waals surface area (Å²) in [5.74, 6) is -0.563. The van der Waals surface area contributed by atoms with Crippen LogP contribution in [0.1, 0.15) is 24.0 Å². The average Bonchev–Trinajstić information content (AvgIpc) is 2.89. The lowest BCUT2D eigenvalue weighted by atomic mass is 9.73. The molecule has 1 saturated heterocycles. The summed E-state index contributed by atoms with van der Waals surface area (Å²) < 4.78 is 5.35. The van der Waals surface area contributed by atoms with Crippen molar-refractivity contribution in [3.63, 3.8) is 0 Å². The average molecular weight is 263 g/mol. The van der Waals surface area contributed by atoms with Gasteiger partial charge in [-0.3, -0.25) is 4.79 Å². The van der Waals surface area contributed by atoms with E-state index in [4.69, 9.17) is 10.5 Å². The highest BCUT2D eigenvalue weighted by Crippen LogP contribution is 2.34. The first-order valence-electron chi connectivity index (χ1n) is 6.67. The molecule has 0 bridgehead atoms. The highest BCUT2D eigenvalue weighted by molar-refractivity contribution is 5.81. The Hall–Kier alpha value is -1.39. The molecule has 0 amide bonds. The van der Waals surface area contributed by atoms with Crippen molar-refractivity contribution in [1.82, 2.24) is 0 Å². The van der Waals surface area contributed by atoms with Crippen LogP contribution in [0, 0.1) is 12.8 Å². The number of benzene rings is 1. The van der Waals surface area contributed by atoms with E-state index in [9.17, 15) is 9.90 Å². The van der Waals surface area contributed by atoms with Gasteiger partial charge in [0.15, 0.2) is 0 Å². The molecule has 19 heavy (non-hydrogen) atoms. The van der Waals surface area contributed by atoms with Crippen molar-refractivity contribution in [3.05, 3.63) is 35.4 Å². The number of carboxylic acids is 1. The Morgan fingerprint density at radius 2 is 2.16 bits per heavy atom. The second-order valence-corrected chi connectivity index (χ2v) is 5.39. The van der Waals surface area contributed by atoms with Gasteiger partial charge in [-0.15, -0.1) is 0 Å². The molecule has 1 aliphatic heterocycles. The molecule has 0 aliphatic carbocycles. The monoisotopic (exact) mass is 263 g/mol. The van der Waals surface area contributed by atoms with Crippen molar-refractivity contribution in [3.8, 4) is 0 Å². The highest BCUT2D eigenvalue weighted by Gasteiger charge is 2.41. The van der Waals surface area contributed by atoms with Crippen LogP contribution in [0.3, 0.4) is 0 Å². The number of aliphatic carboxylic acids is 1. The number of hydrogen-bond acceptors (Lipinski definition) is 3. The van der Waals surface area contributed by atoms with Crippen molar-refractivity contribution in [2.45, 2.75) is 25.2 Å². The number of nitrogens with two attached hydrogens (primary N) is 1. The maximum absolute atomic E-state index is 11.8. The normalized spacial score (nSPS) is 22.1. The standard InChI is InChI=1S/C15H21NO3/c1-11-2-4-13(5-3-11)15(10-16,14(17)18)8-12-6-7-19-9-12/h2-5,12H,6-10,16H2,1H3,(H,17,18). The van der Waals surface area contributed by atoms with Gasteiger partial charge in [-0.1, -0.05) is 29.8 Å². The summed E-state index contributed by atoms with van der Waals surface area (Å²) in [5, 5.41) is 9.69. The van der Waals surface area contributed by atoms with Crippen LogP contribution in [0.4, 0.5) is 0 Å². The van der Waals surface area contributed by atoms with E-state index in [1.807, 2.05) is 31.2 Å². The van der Waals surface area contributed by atoms with E-state index in [-0.39, 0.29) is 12.5 Å². The fourth-order valence-corrected chi connectivity index (χ4v) is 2.73. The zero-order chi connectivity index (χ0) is 13.9. The third kappa shape index (κ3) is 2.80. The summed E-state index contributed by atoms with van der Waals surface area (Å²) in [5.41, 5.74) is 6.75. The van der Waals surface area contributed by atoms with Crippen molar-refractivity contribution in [2.75, 3.05) is 19.8 Å². The van der Waals surface area contributed by atoms with Gasteiger partial charge < -0.3 is 15.6 Å². The summed E-state index contributed by atoms with van der Waals surface area (Å²) in [7, 11) is 0. The van der Waals surface area contributed by atoms with Crippen molar-refractivity contribution >= 4 is 5.97 Å². The molecule has 4 nitrogen and oxygen atoms in total. The lowest BCUT2D eigenvalue weighted by molar-refractivity contribution is -0.144. The van der Waals surface area contributed by atoms with Crippen LogP contribution >= 0.6 is 0 Å². The lowest BCUT2D eigenvalue weighted by Gasteiger charge is -2.31. The third-order valence-corrected chi connectivity index (χ3v) is 4.02. The second kappa shape index (κ2) is 5.72. The predicted molar refractivity (Wildman–Crippen MR) is 73.1 cm³/mol.